The third-order valence-corrected chi connectivity index (χ3v) is 2.29. The van der Waals surface area contributed by atoms with Gasteiger partial charge in [-0.1, -0.05) is 6.07 Å². The lowest BCUT2D eigenvalue weighted by molar-refractivity contribution is 0.485. The minimum Gasteiger partial charge on any atom is -0.467 e. The quantitative estimate of drug-likeness (QED) is 0.857. The lowest BCUT2D eigenvalue weighted by Gasteiger charge is -2.13. The summed E-state index contributed by atoms with van der Waals surface area (Å²) in [6.07, 6.45) is 1.54. The molecule has 1 N–H and O–H groups in total. The predicted octanol–water partition coefficient (Wildman–Crippen LogP) is 3.73. The molecule has 1 aromatic heterocycles. The summed E-state index contributed by atoms with van der Waals surface area (Å²) in [7, 11) is 0. The summed E-state index contributed by atoms with van der Waals surface area (Å²) in [5.41, 5.74) is 0.129. The van der Waals surface area contributed by atoms with Crippen LogP contribution in [0.25, 0.3) is 0 Å². The average Bonchev–Trinajstić information content (AvgIpc) is 2.78. The van der Waals surface area contributed by atoms with Crippen molar-refractivity contribution < 1.29 is 13.2 Å². The van der Waals surface area contributed by atoms with Crippen molar-refractivity contribution in [2.24, 2.45) is 0 Å². The first-order valence-corrected chi connectivity index (χ1v) is 4.92. The second-order valence-electron chi connectivity index (χ2n) is 3.48. The highest BCUT2D eigenvalue weighted by Gasteiger charge is 2.12. The molecule has 84 valence electrons. The molecular weight excluding hydrogens is 212 g/mol. The van der Waals surface area contributed by atoms with Crippen molar-refractivity contribution in [3.63, 3.8) is 0 Å². The number of anilines is 1. The maximum absolute atomic E-state index is 13.3. The van der Waals surface area contributed by atoms with E-state index in [2.05, 4.69) is 5.32 Å². The fourth-order valence-electron chi connectivity index (χ4n) is 1.46. The molecule has 1 heterocycles. The molecule has 2 aromatic rings. The zero-order chi connectivity index (χ0) is 11.5. The largest absolute Gasteiger partial charge is 0.467 e. The van der Waals surface area contributed by atoms with Crippen LogP contribution in [-0.2, 0) is 0 Å². The van der Waals surface area contributed by atoms with Gasteiger partial charge in [0.15, 0.2) is 11.6 Å². The Balaban J connectivity index is 2.18. The Bertz CT molecular complexity index is 468. The molecule has 0 saturated heterocycles. The van der Waals surface area contributed by atoms with Gasteiger partial charge >= 0.3 is 0 Å². The summed E-state index contributed by atoms with van der Waals surface area (Å²) in [4.78, 5) is 0. The molecule has 1 unspecified atom stereocenters. The van der Waals surface area contributed by atoms with E-state index < -0.39 is 11.6 Å². The fraction of sp³-hybridized carbons (Fsp3) is 0.167. The second-order valence-corrected chi connectivity index (χ2v) is 3.48. The Morgan fingerprint density at radius 2 is 2.00 bits per heavy atom. The minimum absolute atomic E-state index is 0.129. The maximum Gasteiger partial charge on any atom is 0.181 e. The Hall–Kier alpha value is -1.84. The Morgan fingerprint density at radius 1 is 1.19 bits per heavy atom. The number of benzene rings is 1. The SMILES string of the molecule is CC(Nc1cccc(F)c1F)c1ccco1. The molecule has 0 spiro atoms. The van der Waals surface area contributed by atoms with Crippen LogP contribution < -0.4 is 5.32 Å². The van der Waals surface area contributed by atoms with Crippen LogP contribution in [0, 0.1) is 11.6 Å². The zero-order valence-corrected chi connectivity index (χ0v) is 8.71. The summed E-state index contributed by atoms with van der Waals surface area (Å²) < 4.78 is 31.4. The summed E-state index contributed by atoms with van der Waals surface area (Å²) in [6.45, 7) is 1.81. The third kappa shape index (κ3) is 2.05. The van der Waals surface area contributed by atoms with E-state index in [0.29, 0.717) is 5.76 Å². The van der Waals surface area contributed by atoms with Crippen LogP contribution in [0.5, 0.6) is 0 Å². The number of furan rings is 1. The first-order chi connectivity index (χ1) is 7.68. The van der Waals surface area contributed by atoms with Crippen LogP contribution in [0.1, 0.15) is 18.7 Å². The molecule has 0 bridgehead atoms. The van der Waals surface area contributed by atoms with Crippen LogP contribution in [0.4, 0.5) is 14.5 Å². The van der Waals surface area contributed by atoms with Crippen LogP contribution in [0.3, 0.4) is 0 Å². The highest BCUT2D eigenvalue weighted by Crippen LogP contribution is 2.23. The van der Waals surface area contributed by atoms with Crippen molar-refractivity contribution in [1.29, 1.82) is 0 Å². The first kappa shape index (κ1) is 10.7. The highest BCUT2D eigenvalue weighted by atomic mass is 19.2. The Labute approximate surface area is 91.9 Å². The van der Waals surface area contributed by atoms with Crippen molar-refractivity contribution in [1.82, 2.24) is 0 Å². The van der Waals surface area contributed by atoms with Gasteiger partial charge in [0.2, 0.25) is 0 Å². The van der Waals surface area contributed by atoms with Crippen molar-refractivity contribution in [2.75, 3.05) is 5.32 Å². The number of hydrogen-bond donors (Lipinski definition) is 1. The van der Waals surface area contributed by atoms with Crippen LogP contribution in [0.2, 0.25) is 0 Å². The second kappa shape index (κ2) is 4.35. The predicted molar refractivity (Wildman–Crippen MR) is 57.1 cm³/mol. The molecule has 0 radical (unpaired) electrons. The molecule has 0 aliphatic rings. The molecule has 1 atom stereocenters. The van der Waals surface area contributed by atoms with E-state index in [-0.39, 0.29) is 11.7 Å². The minimum atomic E-state index is -0.874. The van der Waals surface area contributed by atoms with Crippen LogP contribution in [0.15, 0.2) is 41.0 Å². The summed E-state index contributed by atoms with van der Waals surface area (Å²) in [5, 5.41) is 2.84. The lowest BCUT2D eigenvalue weighted by Crippen LogP contribution is -2.07. The molecule has 1 aromatic carbocycles. The van der Waals surface area contributed by atoms with E-state index in [9.17, 15) is 8.78 Å². The van der Waals surface area contributed by atoms with Gasteiger partial charge in [0, 0.05) is 0 Å². The molecule has 0 aliphatic heterocycles. The normalized spacial score (nSPS) is 12.4. The average molecular weight is 223 g/mol. The van der Waals surface area contributed by atoms with E-state index in [4.69, 9.17) is 4.42 Å². The zero-order valence-electron chi connectivity index (χ0n) is 8.71. The van der Waals surface area contributed by atoms with Gasteiger partial charge < -0.3 is 9.73 Å². The summed E-state index contributed by atoms with van der Waals surface area (Å²) in [5.74, 6) is -1.07. The molecule has 0 aliphatic carbocycles. The third-order valence-electron chi connectivity index (χ3n) is 2.29. The van der Waals surface area contributed by atoms with Gasteiger partial charge in [-0.2, -0.15) is 0 Å². The van der Waals surface area contributed by atoms with Crippen molar-refractivity contribution in [3.05, 3.63) is 54.0 Å². The maximum atomic E-state index is 13.3. The molecule has 0 fully saturated rings. The van der Waals surface area contributed by atoms with Crippen molar-refractivity contribution >= 4 is 5.69 Å². The summed E-state index contributed by atoms with van der Waals surface area (Å²) in [6, 6.07) is 7.32. The number of nitrogens with one attached hydrogen (secondary N) is 1. The van der Waals surface area contributed by atoms with Crippen molar-refractivity contribution in [2.45, 2.75) is 13.0 Å². The van der Waals surface area contributed by atoms with Crippen LogP contribution in [-0.4, -0.2) is 0 Å². The van der Waals surface area contributed by atoms with Crippen molar-refractivity contribution in [3.8, 4) is 0 Å². The Kier molecular flexibility index (Phi) is 2.90. The van der Waals surface area contributed by atoms with E-state index in [1.165, 1.54) is 18.4 Å². The number of rotatable bonds is 3. The number of halogens is 2. The fourth-order valence-corrected chi connectivity index (χ4v) is 1.46. The molecule has 2 nitrogen and oxygen atoms in total. The van der Waals surface area contributed by atoms with E-state index >= 15 is 0 Å². The topological polar surface area (TPSA) is 25.2 Å². The lowest BCUT2D eigenvalue weighted by atomic mass is 10.2. The van der Waals surface area contributed by atoms with Gasteiger partial charge in [-0.3, -0.25) is 0 Å². The van der Waals surface area contributed by atoms with Crippen LogP contribution >= 0.6 is 0 Å². The highest BCUT2D eigenvalue weighted by molar-refractivity contribution is 5.46. The van der Waals surface area contributed by atoms with Gasteiger partial charge in [-0.25, -0.2) is 8.78 Å². The van der Waals surface area contributed by atoms with E-state index in [1.807, 2.05) is 6.92 Å². The monoisotopic (exact) mass is 223 g/mol. The van der Waals surface area contributed by atoms with Gasteiger partial charge in [-0.15, -0.1) is 0 Å². The molecule has 0 amide bonds. The van der Waals surface area contributed by atoms with Gasteiger partial charge in [0.05, 0.1) is 18.0 Å². The first-order valence-electron chi connectivity index (χ1n) is 4.92. The molecule has 2 rings (SSSR count). The van der Waals surface area contributed by atoms with Gasteiger partial charge in [0.1, 0.15) is 5.76 Å². The molecule has 16 heavy (non-hydrogen) atoms. The Morgan fingerprint density at radius 3 is 2.69 bits per heavy atom. The molecule has 0 saturated carbocycles. The summed E-state index contributed by atoms with van der Waals surface area (Å²) >= 11 is 0. The van der Waals surface area contributed by atoms with E-state index in [0.717, 1.165) is 6.07 Å². The molecular formula is C12H11F2NO. The van der Waals surface area contributed by atoms with Gasteiger partial charge in [0.25, 0.3) is 0 Å². The van der Waals surface area contributed by atoms with Gasteiger partial charge in [-0.05, 0) is 31.2 Å². The molecule has 4 heteroatoms. The standard InChI is InChI=1S/C12H11F2NO/c1-8(11-6-3-7-16-11)15-10-5-2-4-9(13)12(10)14/h2-8,15H,1H3. The number of hydrogen-bond acceptors (Lipinski definition) is 2. The van der Waals surface area contributed by atoms with E-state index in [1.54, 1.807) is 12.1 Å². The smallest absolute Gasteiger partial charge is 0.181 e.